The quantitative estimate of drug-likeness (QED) is 0.673. The molecule has 0 saturated carbocycles. The molecule has 0 unspecified atom stereocenters. The van der Waals surface area contributed by atoms with Crippen molar-refractivity contribution in [2.45, 2.75) is 0 Å². The lowest BCUT2D eigenvalue weighted by Crippen LogP contribution is -2.21. The summed E-state index contributed by atoms with van der Waals surface area (Å²) in [4.78, 5) is 22.7. The van der Waals surface area contributed by atoms with Gasteiger partial charge >= 0.3 is 5.69 Å². The molecule has 2 aromatic rings. The number of hydrogen-bond donors (Lipinski definition) is 0. The summed E-state index contributed by atoms with van der Waals surface area (Å²) in [6.07, 6.45) is 4.64. The van der Waals surface area contributed by atoms with Crippen molar-refractivity contribution in [2.75, 3.05) is 0 Å². The van der Waals surface area contributed by atoms with E-state index in [-0.39, 0.29) is 5.15 Å². The first-order valence-electron chi connectivity index (χ1n) is 4.17. The van der Waals surface area contributed by atoms with Gasteiger partial charge in [0.1, 0.15) is 11.5 Å². The van der Waals surface area contributed by atoms with Gasteiger partial charge in [-0.15, -0.1) is 0 Å². The number of hydrogen-bond acceptors (Lipinski definition) is 4. The maximum atomic E-state index is 11.4. The van der Waals surface area contributed by atoms with Crippen molar-refractivity contribution in [1.82, 2.24) is 19.5 Å². The standard InChI is InChI=1S/C9H7ClN4O/c1-14-7(2-8(10)13-9(14)15)6-3-11-5-12-4-6/h2-5H,1H3. The van der Waals surface area contributed by atoms with Crippen LogP contribution >= 0.6 is 11.6 Å². The van der Waals surface area contributed by atoms with E-state index < -0.39 is 5.69 Å². The van der Waals surface area contributed by atoms with Crippen molar-refractivity contribution in [3.63, 3.8) is 0 Å². The molecule has 0 N–H and O–H groups in total. The summed E-state index contributed by atoms with van der Waals surface area (Å²) in [6, 6.07) is 1.60. The molecule has 2 aromatic heterocycles. The van der Waals surface area contributed by atoms with Gasteiger partial charge in [-0.2, -0.15) is 4.98 Å². The van der Waals surface area contributed by atoms with Crippen LogP contribution in [0, 0.1) is 0 Å². The molecular weight excluding hydrogens is 216 g/mol. The van der Waals surface area contributed by atoms with Gasteiger partial charge in [-0.3, -0.25) is 4.57 Å². The van der Waals surface area contributed by atoms with E-state index in [4.69, 9.17) is 11.6 Å². The molecule has 5 nitrogen and oxygen atoms in total. The van der Waals surface area contributed by atoms with Gasteiger partial charge in [0, 0.05) is 31.1 Å². The fourth-order valence-corrected chi connectivity index (χ4v) is 1.40. The van der Waals surface area contributed by atoms with E-state index in [1.54, 1.807) is 25.5 Å². The molecule has 0 saturated heterocycles. The molecule has 0 atom stereocenters. The van der Waals surface area contributed by atoms with E-state index in [9.17, 15) is 4.79 Å². The second kappa shape index (κ2) is 3.78. The summed E-state index contributed by atoms with van der Waals surface area (Å²) in [6.45, 7) is 0. The van der Waals surface area contributed by atoms with E-state index in [1.807, 2.05) is 0 Å². The first-order chi connectivity index (χ1) is 7.18. The molecule has 76 valence electrons. The Labute approximate surface area is 90.4 Å². The molecule has 15 heavy (non-hydrogen) atoms. The van der Waals surface area contributed by atoms with Crippen LogP contribution in [-0.4, -0.2) is 19.5 Å². The lowest BCUT2D eigenvalue weighted by molar-refractivity contribution is 0.818. The van der Waals surface area contributed by atoms with Gasteiger partial charge in [0.15, 0.2) is 0 Å². The van der Waals surface area contributed by atoms with Crippen LogP contribution in [0.3, 0.4) is 0 Å². The maximum Gasteiger partial charge on any atom is 0.349 e. The summed E-state index contributed by atoms with van der Waals surface area (Å²) >= 11 is 5.71. The molecule has 0 aliphatic rings. The first kappa shape index (κ1) is 9.79. The largest absolute Gasteiger partial charge is 0.349 e. The molecule has 0 bridgehead atoms. The van der Waals surface area contributed by atoms with Crippen molar-refractivity contribution < 1.29 is 0 Å². The Balaban J connectivity index is 2.68. The average molecular weight is 223 g/mol. The fourth-order valence-electron chi connectivity index (χ4n) is 1.22. The normalized spacial score (nSPS) is 10.3. The Hall–Kier alpha value is -1.75. The predicted molar refractivity (Wildman–Crippen MR) is 55.5 cm³/mol. The van der Waals surface area contributed by atoms with E-state index >= 15 is 0 Å². The minimum Gasteiger partial charge on any atom is -0.295 e. The van der Waals surface area contributed by atoms with E-state index in [2.05, 4.69) is 15.0 Å². The number of nitrogens with zero attached hydrogens (tertiary/aromatic N) is 4. The Morgan fingerprint density at radius 2 is 2.00 bits per heavy atom. The van der Waals surface area contributed by atoms with Crippen LogP contribution in [0.25, 0.3) is 11.3 Å². The Bertz CT molecular complexity index is 538. The van der Waals surface area contributed by atoms with Crippen LogP contribution in [0.15, 0.2) is 29.6 Å². The smallest absolute Gasteiger partial charge is 0.295 e. The van der Waals surface area contributed by atoms with Gasteiger partial charge in [-0.25, -0.2) is 14.8 Å². The van der Waals surface area contributed by atoms with Crippen LogP contribution in [0.2, 0.25) is 5.15 Å². The third-order valence-corrected chi connectivity index (χ3v) is 2.16. The van der Waals surface area contributed by atoms with Gasteiger partial charge in [-0.1, -0.05) is 11.6 Å². The summed E-state index contributed by atoms with van der Waals surface area (Å²) in [7, 11) is 1.62. The highest BCUT2D eigenvalue weighted by molar-refractivity contribution is 6.29. The van der Waals surface area contributed by atoms with Crippen molar-refractivity contribution in [1.29, 1.82) is 0 Å². The molecule has 6 heteroatoms. The van der Waals surface area contributed by atoms with Crippen LogP contribution < -0.4 is 5.69 Å². The van der Waals surface area contributed by atoms with Crippen LogP contribution in [0.1, 0.15) is 0 Å². The predicted octanol–water partition coefficient (Wildman–Crippen LogP) is 0.891. The highest BCUT2D eigenvalue weighted by atomic mass is 35.5. The van der Waals surface area contributed by atoms with E-state index in [0.29, 0.717) is 5.69 Å². The van der Waals surface area contributed by atoms with Gasteiger partial charge in [0.25, 0.3) is 0 Å². The minimum atomic E-state index is -0.402. The van der Waals surface area contributed by atoms with Crippen molar-refractivity contribution in [2.24, 2.45) is 7.05 Å². The van der Waals surface area contributed by atoms with Crippen molar-refractivity contribution in [3.8, 4) is 11.3 Å². The summed E-state index contributed by atoms with van der Waals surface area (Å²) in [5, 5.41) is 0.164. The molecule has 0 radical (unpaired) electrons. The van der Waals surface area contributed by atoms with Gasteiger partial charge in [-0.05, 0) is 0 Å². The summed E-state index contributed by atoms with van der Waals surface area (Å²) in [5.74, 6) is 0. The topological polar surface area (TPSA) is 60.7 Å². The molecular formula is C9H7ClN4O. The third kappa shape index (κ3) is 1.87. The maximum absolute atomic E-state index is 11.4. The van der Waals surface area contributed by atoms with Gasteiger partial charge in [0.2, 0.25) is 0 Å². The zero-order valence-electron chi connectivity index (χ0n) is 7.88. The zero-order valence-corrected chi connectivity index (χ0v) is 8.64. The van der Waals surface area contributed by atoms with Crippen LogP contribution in [0.4, 0.5) is 0 Å². The number of halogens is 1. The number of aromatic nitrogens is 4. The highest BCUT2D eigenvalue weighted by Gasteiger charge is 2.06. The van der Waals surface area contributed by atoms with Crippen molar-refractivity contribution >= 4 is 11.6 Å². The second-order valence-electron chi connectivity index (χ2n) is 2.93. The lowest BCUT2D eigenvalue weighted by atomic mass is 10.2. The molecule has 2 heterocycles. The van der Waals surface area contributed by atoms with E-state index in [0.717, 1.165) is 5.56 Å². The zero-order chi connectivity index (χ0) is 10.8. The highest BCUT2D eigenvalue weighted by Crippen LogP contribution is 2.16. The Morgan fingerprint density at radius 3 is 2.67 bits per heavy atom. The monoisotopic (exact) mass is 222 g/mol. The molecule has 2 rings (SSSR count). The SMILES string of the molecule is Cn1c(-c2cncnc2)cc(Cl)nc1=O. The molecule has 0 amide bonds. The number of rotatable bonds is 1. The molecule has 0 spiro atoms. The molecule has 0 aliphatic heterocycles. The summed E-state index contributed by atoms with van der Waals surface area (Å²) < 4.78 is 1.39. The molecule has 0 aromatic carbocycles. The third-order valence-electron chi connectivity index (χ3n) is 1.96. The average Bonchev–Trinajstić information content (AvgIpc) is 2.24. The Kier molecular flexibility index (Phi) is 2.47. The second-order valence-corrected chi connectivity index (χ2v) is 3.32. The van der Waals surface area contributed by atoms with Crippen LogP contribution in [-0.2, 0) is 7.05 Å². The van der Waals surface area contributed by atoms with E-state index in [1.165, 1.54) is 10.9 Å². The Morgan fingerprint density at radius 1 is 1.33 bits per heavy atom. The van der Waals surface area contributed by atoms with Gasteiger partial charge < -0.3 is 0 Å². The van der Waals surface area contributed by atoms with Crippen LogP contribution in [0.5, 0.6) is 0 Å². The first-order valence-corrected chi connectivity index (χ1v) is 4.55. The lowest BCUT2D eigenvalue weighted by Gasteiger charge is -2.06. The molecule has 0 aliphatic carbocycles. The fraction of sp³-hybridized carbons (Fsp3) is 0.111. The van der Waals surface area contributed by atoms with Crippen molar-refractivity contribution in [3.05, 3.63) is 40.4 Å². The minimum absolute atomic E-state index is 0.164. The molecule has 0 fully saturated rings. The van der Waals surface area contributed by atoms with Gasteiger partial charge in [0.05, 0.1) is 5.69 Å². The summed E-state index contributed by atoms with van der Waals surface area (Å²) in [5.41, 5.74) is 0.961.